The minimum Gasteiger partial charge on any atom is -0.341 e. The summed E-state index contributed by atoms with van der Waals surface area (Å²) in [7, 11) is 0. The van der Waals surface area contributed by atoms with Crippen molar-refractivity contribution in [1.29, 1.82) is 5.26 Å². The summed E-state index contributed by atoms with van der Waals surface area (Å²) in [6.45, 7) is 6.76. The molecule has 1 aliphatic rings. The van der Waals surface area contributed by atoms with Crippen LogP contribution >= 0.6 is 11.8 Å². The van der Waals surface area contributed by atoms with Gasteiger partial charge in [0.05, 0.1) is 0 Å². The average Bonchev–Trinajstić information content (AvgIpc) is 2.86. The molecule has 1 heterocycles. The highest BCUT2D eigenvalue weighted by Gasteiger charge is 2.17. The molecule has 176 valence electrons. The number of rotatable bonds is 9. The number of hydrogen-bond acceptors (Lipinski definition) is 5. The lowest BCUT2D eigenvalue weighted by Gasteiger charge is -2.35. The van der Waals surface area contributed by atoms with Crippen LogP contribution in [-0.2, 0) is 6.54 Å². The number of nitriles is 1. The van der Waals surface area contributed by atoms with E-state index >= 15 is 0 Å². The molecular weight excluding hydrogens is 450 g/mol. The first kappa shape index (κ1) is 24.2. The van der Waals surface area contributed by atoms with E-state index in [1.54, 1.807) is 24.3 Å². The Morgan fingerprint density at radius 1 is 0.765 bits per heavy atom. The minimum absolute atomic E-state index is 0.266. The largest absolute Gasteiger partial charge is 0.341 e. The molecule has 4 nitrogen and oxygen atoms in total. The number of anilines is 2. The van der Waals surface area contributed by atoms with Gasteiger partial charge in [-0.15, -0.1) is 0 Å². The van der Waals surface area contributed by atoms with Crippen LogP contribution < -0.4 is 4.90 Å². The van der Waals surface area contributed by atoms with Crippen molar-refractivity contribution in [3.05, 3.63) is 90.0 Å². The number of hydrogen-bond donors (Lipinski definition) is 0. The third-order valence-corrected chi connectivity index (χ3v) is 6.69. The molecule has 34 heavy (non-hydrogen) atoms. The highest BCUT2D eigenvalue weighted by Crippen LogP contribution is 2.26. The van der Waals surface area contributed by atoms with Gasteiger partial charge in [-0.1, -0.05) is 12.1 Å². The summed E-state index contributed by atoms with van der Waals surface area (Å²) in [5.74, 6) is -0.532. The van der Waals surface area contributed by atoms with Gasteiger partial charge < -0.3 is 9.80 Å². The summed E-state index contributed by atoms with van der Waals surface area (Å²) in [5, 5.41) is 10.9. The Balaban J connectivity index is 1.27. The second-order valence-corrected chi connectivity index (χ2v) is 9.27. The second-order valence-electron chi connectivity index (χ2n) is 8.41. The zero-order valence-electron chi connectivity index (χ0n) is 19.0. The summed E-state index contributed by atoms with van der Waals surface area (Å²) in [6, 6.07) is 21.1. The quantitative estimate of drug-likeness (QED) is 0.283. The van der Waals surface area contributed by atoms with Gasteiger partial charge in [0.25, 0.3) is 0 Å². The number of benzene rings is 3. The first-order valence-electron chi connectivity index (χ1n) is 11.5. The van der Waals surface area contributed by atoms with Crippen molar-refractivity contribution in [1.82, 2.24) is 9.80 Å². The lowest BCUT2D eigenvalue weighted by atomic mass is 10.2. The molecule has 1 aliphatic heterocycles. The molecular formula is C27H28F2N4S. The molecule has 1 fully saturated rings. The van der Waals surface area contributed by atoms with E-state index in [0.717, 1.165) is 68.5 Å². The van der Waals surface area contributed by atoms with Crippen LogP contribution in [0.2, 0.25) is 0 Å². The standard InChI is InChI=1S/C27H28F2N4S/c28-23-4-8-25(9-5-23)33(26-10-6-24(29)7-11-26)15-1-14-31-16-18-32(19-17-31)20-22-2-12-27(13-3-22)34-21-30/h2-13H,1,14-20H2. The maximum Gasteiger partial charge on any atom is 0.138 e. The maximum absolute atomic E-state index is 13.4. The summed E-state index contributed by atoms with van der Waals surface area (Å²) in [5.41, 5.74) is 3.07. The SMILES string of the molecule is N#CSc1ccc(CN2CCN(CCCN(c3ccc(F)cc3)c3ccc(F)cc3)CC2)cc1. The molecule has 1 saturated heterocycles. The van der Waals surface area contributed by atoms with Crippen LogP contribution in [0.25, 0.3) is 0 Å². The molecule has 0 spiro atoms. The van der Waals surface area contributed by atoms with Crippen molar-refractivity contribution in [2.45, 2.75) is 17.9 Å². The van der Waals surface area contributed by atoms with E-state index in [2.05, 4.69) is 32.2 Å². The van der Waals surface area contributed by atoms with Crippen LogP contribution in [0, 0.1) is 22.3 Å². The predicted octanol–water partition coefficient (Wildman–Crippen LogP) is 5.88. The molecule has 0 aliphatic carbocycles. The van der Waals surface area contributed by atoms with Gasteiger partial charge in [0.2, 0.25) is 0 Å². The van der Waals surface area contributed by atoms with Crippen LogP contribution in [0.1, 0.15) is 12.0 Å². The van der Waals surface area contributed by atoms with Gasteiger partial charge >= 0.3 is 0 Å². The number of thioether (sulfide) groups is 1. The highest BCUT2D eigenvalue weighted by molar-refractivity contribution is 8.03. The lowest BCUT2D eigenvalue weighted by Crippen LogP contribution is -2.46. The number of thiocyanates is 1. The van der Waals surface area contributed by atoms with Crippen molar-refractivity contribution in [3.63, 3.8) is 0 Å². The first-order chi connectivity index (χ1) is 16.6. The van der Waals surface area contributed by atoms with Crippen molar-refractivity contribution in [2.24, 2.45) is 0 Å². The van der Waals surface area contributed by atoms with Gasteiger partial charge in [-0.25, -0.2) is 8.78 Å². The minimum atomic E-state index is -0.266. The molecule has 3 aromatic rings. The zero-order valence-corrected chi connectivity index (χ0v) is 19.9. The van der Waals surface area contributed by atoms with E-state index in [-0.39, 0.29) is 11.6 Å². The maximum atomic E-state index is 13.4. The Kier molecular flexibility index (Phi) is 8.53. The molecule has 0 bridgehead atoms. The van der Waals surface area contributed by atoms with E-state index in [1.807, 2.05) is 12.1 Å². The fourth-order valence-corrected chi connectivity index (χ4v) is 4.62. The molecule has 3 aromatic carbocycles. The number of piperazine rings is 1. The van der Waals surface area contributed by atoms with Gasteiger partial charge in [-0.3, -0.25) is 4.90 Å². The van der Waals surface area contributed by atoms with Crippen molar-refractivity contribution >= 4 is 23.1 Å². The van der Waals surface area contributed by atoms with E-state index in [4.69, 9.17) is 5.26 Å². The van der Waals surface area contributed by atoms with Crippen LogP contribution in [0.5, 0.6) is 0 Å². The third kappa shape index (κ3) is 6.80. The smallest absolute Gasteiger partial charge is 0.138 e. The van der Waals surface area contributed by atoms with Crippen LogP contribution in [0.3, 0.4) is 0 Å². The summed E-state index contributed by atoms with van der Waals surface area (Å²) in [4.78, 5) is 8.04. The van der Waals surface area contributed by atoms with Gasteiger partial charge in [-0.2, -0.15) is 5.26 Å². The molecule has 0 amide bonds. The monoisotopic (exact) mass is 478 g/mol. The molecule has 0 saturated carbocycles. The molecule has 0 aromatic heterocycles. The third-order valence-electron chi connectivity index (χ3n) is 6.09. The van der Waals surface area contributed by atoms with E-state index < -0.39 is 0 Å². The average molecular weight is 479 g/mol. The Morgan fingerprint density at radius 2 is 1.29 bits per heavy atom. The Hall–Kier alpha value is -2.92. The molecule has 7 heteroatoms. The normalized spacial score (nSPS) is 14.6. The Bertz CT molecular complexity index is 1030. The highest BCUT2D eigenvalue weighted by atomic mass is 32.2. The summed E-state index contributed by atoms with van der Waals surface area (Å²) < 4.78 is 26.9. The van der Waals surface area contributed by atoms with E-state index in [0.29, 0.717) is 0 Å². The number of nitrogens with zero attached hydrogens (tertiary/aromatic N) is 4. The Labute approximate surface area is 204 Å². The van der Waals surface area contributed by atoms with E-state index in [1.165, 1.54) is 41.6 Å². The van der Waals surface area contributed by atoms with Crippen LogP contribution in [-0.4, -0.2) is 49.1 Å². The van der Waals surface area contributed by atoms with Gasteiger partial charge in [0, 0.05) is 55.5 Å². The fraction of sp³-hybridized carbons (Fsp3) is 0.296. The predicted molar refractivity (Wildman–Crippen MR) is 134 cm³/mol. The van der Waals surface area contributed by atoms with Gasteiger partial charge in [0.1, 0.15) is 17.0 Å². The van der Waals surface area contributed by atoms with Crippen LogP contribution in [0.4, 0.5) is 20.2 Å². The molecule has 0 N–H and O–H groups in total. The van der Waals surface area contributed by atoms with Crippen molar-refractivity contribution in [3.8, 4) is 5.40 Å². The Morgan fingerprint density at radius 3 is 1.82 bits per heavy atom. The first-order valence-corrected chi connectivity index (χ1v) is 12.3. The summed E-state index contributed by atoms with van der Waals surface area (Å²) in [6.07, 6.45) is 0.951. The molecule has 0 radical (unpaired) electrons. The summed E-state index contributed by atoms with van der Waals surface area (Å²) >= 11 is 1.19. The van der Waals surface area contributed by atoms with Crippen molar-refractivity contribution < 1.29 is 8.78 Å². The zero-order chi connectivity index (χ0) is 23.8. The van der Waals surface area contributed by atoms with E-state index in [9.17, 15) is 8.78 Å². The molecule has 0 unspecified atom stereocenters. The van der Waals surface area contributed by atoms with Crippen molar-refractivity contribution in [2.75, 3.05) is 44.2 Å². The number of halogens is 2. The fourth-order valence-electron chi connectivity index (χ4n) is 4.25. The topological polar surface area (TPSA) is 33.5 Å². The van der Waals surface area contributed by atoms with Gasteiger partial charge in [0.15, 0.2) is 0 Å². The van der Waals surface area contributed by atoms with Crippen LogP contribution in [0.15, 0.2) is 77.7 Å². The lowest BCUT2D eigenvalue weighted by molar-refractivity contribution is 0.126. The van der Waals surface area contributed by atoms with Gasteiger partial charge in [-0.05, 0) is 91.0 Å². The molecule has 4 rings (SSSR count). The second kappa shape index (κ2) is 12.0. The molecule has 0 atom stereocenters.